The van der Waals surface area contributed by atoms with Crippen LogP contribution in [0, 0.1) is 52.3 Å². The van der Waals surface area contributed by atoms with Gasteiger partial charge in [0.05, 0.1) is 4.08 Å². The molecule has 1 aliphatic heterocycles. The van der Waals surface area contributed by atoms with Gasteiger partial charge in [-0.15, -0.1) is 23.5 Å². The summed E-state index contributed by atoms with van der Waals surface area (Å²) in [5, 5.41) is 0. The van der Waals surface area contributed by atoms with Gasteiger partial charge in [-0.1, -0.05) is 53.9 Å². The van der Waals surface area contributed by atoms with Gasteiger partial charge in [-0.25, -0.2) is 0 Å². The molecule has 0 aromatic rings. The lowest BCUT2D eigenvalue weighted by Gasteiger charge is -2.62. The van der Waals surface area contributed by atoms with E-state index in [0.717, 1.165) is 41.4 Å². The fraction of sp³-hybridized carbons (Fsp3) is 1.00. The third kappa shape index (κ3) is 3.98. The maximum absolute atomic E-state index is 2.77. The molecule has 5 rings (SSSR count). The van der Waals surface area contributed by atoms with Gasteiger partial charge in [0.15, 0.2) is 0 Å². The van der Waals surface area contributed by atoms with E-state index in [2.05, 4.69) is 58.1 Å². The molecule has 1 heterocycles. The molecule has 0 nitrogen and oxygen atoms in total. The second-order valence-electron chi connectivity index (χ2n) is 13.5. The van der Waals surface area contributed by atoms with Crippen molar-refractivity contribution in [1.29, 1.82) is 0 Å². The number of thioether (sulfide) groups is 2. The average molecular weight is 463 g/mol. The van der Waals surface area contributed by atoms with Gasteiger partial charge in [0.2, 0.25) is 0 Å². The Labute approximate surface area is 202 Å². The van der Waals surface area contributed by atoms with Crippen molar-refractivity contribution in [1.82, 2.24) is 0 Å². The standard InChI is InChI=1S/C29H50S2/c1-20(2)7-6-8-21(3)24-11-12-25-23-10-9-22-19-29(30-17-18-31-29)16-15-27(22,4)26(23)13-14-28(24,25)5/h20-26H,6-19H2,1-5H3/t21-,22-,23-,24+,25-,26-,27-,28+/m0/s1. The summed E-state index contributed by atoms with van der Waals surface area (Å²) in [4.78, 5) is 0. The molecule has 178 valence electrons. The summed E-state index contributed by atoms with van der Waals surface area (Å²) < 4.78 is 0.629. The monoisotopic (exact) mass is 462 g/mol. The minimum Gasteiger partial charge on any atom is -0.143 e. The van der Waals surface area contributed by atoms with E-state index >= 15 is 0 Å². The Kier molecular flexibility index (Phi) is 6.60. The van der Waals surface area contributed by atoms with Gasteiger partial charge in [0.25, 0.3) is 0 Å². The van der Waals surface area contributed by atoms with Crippen LogP contribution in [0.1, 0.15) is 112 Å². The van der Waals surface area contributed by atoms with Crippen LogP contribution in [0.25, 0.3) is 0 Å². The largest absolute Gasteiger partial charge is 0.143 e. The van der Waals surface area contributed by atoms with Crippen LogP contribution < -0.4 is 0 Å². The van der Waals surface area contributed by atoms with Gasteiger partial charge in [0, 0.05) is 11.5 Å². The summed E-state index contributed by atoms with van der Waals surface area (Å²) in [6.45, 7) is 13.0. The summed E-state index contributed by atoms with van der Waals surface area (Å²) in [6.07, 6.45) is 18.3. The molecule has 4 aliphatic carbocycles. The van der Waals surface area contributed by atoms with Gasteiger partial charge in [-0.05, 0) is 110 Å². The molecule has 0 radical (unpaired) electrons. The van der Waals surface area contributed by atoms with Crippen molar-refractivity contribution in [2.45, 2.75) is 116 Å². The normalized spacial score (nSPS) is 47.2. The van der Waals surface area contributed by atoms with Gasteiger partial charge < -0.3 is 0 Å². The second kappa shape index (κ2) is 8.73. The van der Waals surface area contributed by atoms with Gasteiger partial charge >= 0.3 is 0 Å². The lowest BCUT2D eigenvalue weighted by molar-refractivity contribution is -0.114. The molecule has 5 aliphatic rings. The highest BCUT2D eigenvalue weighted by Crippen LogP contribution is 2.70. The fourth-order valence-corrected chi connectivity index (χ4v) is 13.4. The Morgan fingerprint density at radius 2 is 1.52 bits per heavy atom. The SMILES string of the molecule is CC(C)CCC[C@H](C)[C@H]1CC[C@H]2[C@@H]3CC[C@H]4CC5(CC[C@]4(C)[C@H]3CC[C@]12C)SCCS5. The molecule has 0 amide bonds. The van der Waals surface area contributed by atoms with Crippen LogP contribution in [0.4, 0.5) is 0 Å². The minimum absolute atomic E-state index is 0.629. The van der Waals surface area contributed by atoms with E-state index in [1.165, 1.54) is 43.6 Å². The molecule has 0 aromatic heterocycles. The predicted octanol–water partition coefficient (Wildman–Crippen LogP) is 9.28. The van der Waals surface area contributed by atoms with Crippen LogP contribution in [-0.2, 0) is 0 Å². The summed E-state index contributed by atoms with van der Waals surface area (Å²) in [5.74, 6) is 9.85. The molecule has 4 saturated carbocycles. The van der Waals surface area contributed by atoms with E-state index in [9.17, 15) is 0 Å². The van der Waals surface area contributed by atoms with E-state index in [4.69, 9.17) is 0 Å². The number of rotatable bonds is 5. The highest BCUT2D eigenvalue weighted by molar-refractivity contribution is 8.21. The van der Waals surface area contributed by atoms with E-state index in [1.807, 2.05) is 0 Å². The molecule has 1 spiro atoms. The maximum atomic E-state index is 2.77. The van der Waals surface area contributed by atoms with Crippen molar-refractivity contribution in [2.75, 3.05) is 11.5 Å². The van der Waals surface area contributed by atoms with Gasteiger partial charge in [0.1, 0.15) is 0 Å². The van der Waals surface area contributed by atoms with Crippen molar-refractivity contribution < 1.29 is 0 Å². The maximum Gasteiger partial charge on any atom is 0.0614 e. The number of hydrogen-bond donors (Lipinski definition) is 0. The van der Waals surface area contributed by atoms with Crippen molar-refractivity contribution in [3.05, 3.63) is 0 Å². The first-order valence-electron chi connectivity index (χ1n) is 14.1. The zero-order valence-corrected chi connectivity index (χ0v) is 22.9. The Morgan fingerprint density at radius 3 is 2.26 bits per heavy atom. The van der Waals surface area contributed by atoms with Crippen LogP contribution in [0.2, 0.25) is 0 Å². The van der Waals surface area contributed by atoms with E-state index in [0.29, 0.717) is 14.9 Å². The third-order valence-corrected chi connectivity index (χ3v) is 15.3. The average Bonchev–Trinajstić information content (AvgIpc) is 3.32. The van der Waals surface area contributed by atoms with E-state index < -0.39 is 0 Å². The Hall–Kier alpha value is 0.700. The summed E-state index contributed by atoms with van der Waals surface area (Å²) in [6, 6.07) is 0. The highest BCUT2D eigenvalue weighted by atomic mass is 32.2. The minimum atomic E-state index is 0.629. The molecule has 2 heteroatoms. The van der Waals surface area contributed by atoms with Crippen LogP contribution in [0.5, 0.6) is 0 Å². The third-order valence-electron chi connectivity index (χ3n) is 11.7. The Balaban J connectivity index is 1.28. The van der Waals surface area contributed by atoms with Crippen LogP contribution in [0.15, 0.2) is 0 Å². The van der Waals surface area contributed by atoms with Gasteiger partial charge in [-0.2, -0.15) is 0 Å². The zero-order valence-electron chi connectivity index (χ0n) is 21.3. The van der Waals surface area contributed by atoms with Crippen molar-refractivity contribution in [3.8, 4) is 0 Å². The summed E-state index contributed by atoms with van der Waals surface area (Å²) in [7, 11) is 0. The lowest BCUT2D eigenvalue weighted by Crippen LogP contribution is -2.55. The molecule has 0 aromatic carbocycles. The van der Waals surface area contributed by atoms with Crippen LogP contribution in [0.3, 0.4) is 0 Å². The quantitative estimate of drug-likeness (QED) is 0.399. The topological polar surface area (TPSA) is 0 Å². The lowest BCUT2D eigenvalue weighted by atomic mass is 9.44. The number of hydrogen-bond acceptors (Lipinski definition) is 2. The predicted molar refractivity (Wildman–Crippen MR) is 141 cm³/mol. The molecular formula is C29H50S2. The second-order valence-corrected chi connectivity index (χ2v) is 16.7. The molecule has 0 N–H and O–H groups in total. The molecule has 0 unspecified atom stereocenters. The molecule has 5 fully saturated rings. The first-order chi connectivity index (χ1) is 14.8. The fourth-order valence-electron chi connectivity index (χ4n) is 9.98. The van der Waals surface area contributed by atoms with Gasteiger partial charge in [-0.3, -0.25) is 0 Å². The van der Waals surface area contributed by atoms with Crippen LogP contribution in [-0.4, -0.2) is 15.6 Å². The van der Waals surface area contributed by atoms with Crippen molar-refractivity contribution >= 4 is 23.5 Å². The first-order valence-corrected chi connectivity index (χ1v) is 16.0. The first kappa shape index (κ1) is 23.4. The molecular weight excluding hydrogens is 412 g/mol. The Morgan fingerprint density at radius 1 is 0.774 bits per heavy atom. The molecule has 8 atom stereocenters. The molecule has 31 heavy (non-hydrogen) atoms. The van der Waals surface area contributed by atoms with E-state index in [1.54, 1.807) is 44.9 Å². The summed E-state index contributed by atoms with van der Waals surface area (Å²) >= 11 is 4.68. The zero-order chi connectivity index (χ0) is 21.9. The Bertz CT molecular complexity index is 637. The highest BCUT2D eigenvalue weighted by Gasteiger charge is 2.62. The molecule has 0 bridgehead atoms. The smallest absolute Gasteiger partial charge is 0.0614 e. The van der Waals surface area contributed by atoms with Crippen LogP contribution >= 0.6 is 23.5 Å². The molecule has 1 saturated heterocycles. The van der Waals surface area contributed by atoms with E-state index in [-0.39, 0.29) is 0 Å². The summed E-state index contributed by atoms with van der Waals surface area (Å²) in [5.41, 5.74) is 1.33. The van der Waals surface area contributed by atoms with Crippen molar-refractivity contribution in [3.63, 3.8) is 0 Å². The van der Waals surface area contributed by atoms with Crippen molar-refractivity contribution in [2.24, 2.45) is 52.3 Å². The number of fused-ring (bicyclic) bond motifs is 5.